The number of rotatable bonds is 7. The molecule has 0 aliphatic carbocycles. The molecule has 0 saturated carbocycles. The summed E-state index contributed by atoms with van der Waals surface area (Å²) in [6, 6.07) is 7.69. The zero-order chi connectivity index (χ0) is 15.2. The molecule has 7 heteroatoms. The molecule has 0 aliphatic heterocycles. The number of carbonyl (C=O) groups is 2. The number of carbonyl (C=O) groups excluding carboxylic acids is 2. The van der Waals surface area contributed by atoms with Crippen molar-refractivity contribution in [1.29, 1.82) is 0 Å². The van der Waals surface area contributed by atoms with Crippen LogP contribution in [0.25, 0.3) is 11.3 Å². The summed E-state index contributed by atoms with van der Waals surface area (Å²) in [5, 5.41) is 7.87. The molecule has 0 saturated heterocycles. The van der Waals surface area contributed by atoms with Gasteiger partial charge in [0.1, 0.15) is 5.69 Å². The molecule has 1 atom stereocenters. The van der Waals surface area contributed by atoms with E-state index < -0.39 is 0 Å². The monoisotopic (exact) mass is 321 g/mol. The molecule has 2 rings (SSSR count). The second-order valence-electron chi connectivity index (χ2n) is 4.45. The van der Waals surface area contributed by atoms with Crippen LogP contribution in [0.2, 0.25) is 0 Å². The molecule has 0 amide bonds. The van der Waals surface area contributed by atoms with Crippen molar-refractivity contribution in [3.8, 4) is 11.3 Å². The Morgan fingerprint density at radius 3 is 2.81 bits per heavy atom. The number of thiol groups is 1. The smallest absolute Gasteiger partial charge is 0.207 e. The van der Waals surface area contributed by atoms with Crippen molar-refractivity contribution in [2.45, 2.75) is 23.6 Å². The molecule has 1 heterocycles. The molecule has 5 nitrogen and oxygen atoms in total. The Morgan fingerprint density at radius 2 is 2.14 bits per heavy atom. The molecule has 1 aromatic carbocycles. The zero-order valence-electron chi connectivity index (χ0n) is 11.5. The van der Waals surface area contributed by atoms with Crippen molar-refractivity contribution in [3.05, 3.63) is 30.5 Å². The second-order valence-corrected chi connectivity index (χ2v) is 6.41. The lowest BCUT2D eigenvalue weighted by Gasteiger charge is -2.05. The summed E-state index contributed by atoms with van der Waals surface area (Å²) >= 11 is 5.67. The van der Waals surface area contributed by atoms with Gasteiger partial charge in [0.05, 0.1) is 18.0 Å². The van der Waals surface area contributed by atoms with Gasteiger partial charge in [-0.3, -0.25) is 14.3 Å². The second kappa shape index (κ2) is 7.42. The maximum absolute atomic E-state index is 11.1. The Kier molecular flexibility index (Phi) is 5.58. The van der Waals surface area contributed by atoms with Gasteiger partial charge in [0.2, 0.25) is 5.78 Å². The number of hydrogen-bond acceptors (Lipinski definition) is 6. The minimum atomic E-state index is -0.383. The van der Waals surface area contributed by atoms with Gasteiger partial charge in [0.25, 0.3) is 0 Å². The Labute approximate surface area is 132 Å². The quantitative estimate of drug-likeness (QED) is 0.481. The lowest BCUT2D eigenvalue weighted by atomic mass is 10.2. The van der Waals surface area contributed by atoms with Crippen LogP contribution in [-0.4, -0.2) is 38.1 Å². The predicted molar refractivity (Wildman–Crippen MR) is 85.7 cm³/mol. The molecule has 110 valence electrons. The Hall–Kier alpha value is -1.60. The van der Waals surface area contributed by atoms with Gasteiger partial charge >= 0.3 is 0 Å². The fourth-order valence-electron chi connectivity index (χ4n) is 1.67. The summed E-state index contributed by atoms with van der Waals surface area (Å²) in [6.07, 6.45) is 2.23. The van der Waals surface area contributed by atoms with Crippen molar-refractivity contribution < 1.29 is 9.59 Å². The highest BCUT2D eigenvalue weighted by molar-refractivity contribution is 8.00. The molecule has 1 aromatic heterocycles. The normalized spacial score (nSPS) is 12.1. The number of hydrogen-bond donors (Lipinski definition) is 1. The van der Waals surface area contributed by atoms with E-state index in [9.17, 15) is 9.59 Å². The van der Waals surface area contributed by atoms with E-state index in [1.54, 1.807) is 11.6 Å². The first-order valence-corrected chi connectivity index (χ1v) is 7.90. The van der Waals surface area contributed by atoms with Crippen molar-refractivity contribution in [2.75, 3.05) is 5.75 Å². The highest BCUT2D eigenvalue weighted by Gasteiger charge is 2.12. The van der Waals surface area contributed by atoms with Gasteiger partial charge in [-0.05, 0) is 19.1 Å². The number of aldehydes is 1. The van der Waals surface area contributed by atoms with E-state index in [1.807, 2.05) is 30.5 Å². The van der Waals surface area contributed by atoms with Crippen LogP contribution < -0.4 is 0 Å². The van der Waals surface area contributed by atoms with E-state index in [4.69, 9.17) is 0 Å². The Bertz CT molecular complexity index is 625. The van der Waals surface area contributed by atoms with Crippen molar-refractivity contribution >= 4 is 36.5 Å². The summed E-state index contributed by atoms with van der Waals surface area (Å²) in [6.45, 7) is 2.37. The molecular formula is C14H15N3O2S2. The highest BCUT2D eigenvalue weighted by atomic mass is 32.2. The molecule has 0 N–H and O–H groups in total. The summed E-state index contributed by atoms with van der Waals surface area (Å²) in [4.78, 5) is 22.4. The van der Waals surface area contributed by atoms with Gasteiger partial charge in [0.15, 0.2) is 6.29 Å². The Morgan fingerprint density at radius 1 is 1.43 bits per heavy atom. The van der Waals surface area contributed by atoms with Crippen molar-refractivity contribution in [2.24, 2.45) is 0 Å². The molecule has 0 bridgehead atoms. The van der Waals surface area contributed by atoms with E-state index >= 15 is 0 Å². The van der Waals surface area contributed by atoms with Gasteiger partial charge in [-0.25, -0.2) is 0 Å². The maximum Gasteiger partial charge on any atom is 0.207 e. The van der Waals surface area contributed by atoms with Crippen LogP contribution in [-0.2, 0) is 16.1 Å². The summed E-state index contributed by atoms with van der Waals surface area (Å²) in [5.74, 6) is 0.310. The van der Waals surface area contributed by atoms with E-state index in [0.29, 0.717) is 18.6 Å². The third kappa shape index (κ3) is 4.44. The number of nitrogens with zero attached hydrogens (tertiary/aromatic N) is 3. The number of aryl methyl sites for hydroxylation is 1. The average molecular weight is 321 g/mol. The highest BCUT2D eigenvalue weighted by Crippen LogP contribution is 2.18. The number of benzene rings is 1. The van der Waals surface area contributed by atoms with Gasteiger partial charge < -0.3 is 0 Å². The lowest BCUT2D eigenvalue weighted by molar-refractivity contribution is -0.129. The van der Waals surface area contributed by atoms with Gasteiger partial charge in [0, 0.05) is 16.2 Å². The molecule has 0 spiro atoms. The first kappa shape index (κ1) is 15.8. The van der Waals surface area contributed by atoms with Gasteiger partial charge in [-0.2, -0.15) is 0 Å². The average Bonchev–Trinajstić information content (AvgIpc) is 2.95. The first-order chi connectivity index (χ1) is 10.1. The van der Waals surface area contributed by atoms with Crippen molar-refractivity contribution in [1.82, 2.24) is 15.0 Å². The standard InChI is InChI=1S/C14H15N3O2S2/c1-10(14(19)9-18)21-7-6-17-8-13(15-16-17)11-2-4-12(20)5-3-11/h2-5,8-10,20H,6-7H2,1H3. The number of Topliss-reactive ketones (excluding diaryl/α,β-unsaturated/α-hetero) is 1. The van der Waals surface area contributed by atoms with Gasteiger partial charge in [-0.1, -0.05) is 17.3 Å². The third-order valence-corrected chi connectivity index (χ3v) is 4.36. The number of ketones is 1. The number of aromatic nitrogens is 3. The molecular weight excluding hydrogens is 306 g/mol. The van der Waals surface area contributed by atoms with Crippen LogP contribution in [0.1, 0.15) is 6.92 Å². The van der Waals surface area contributed by atoms with Crippen LogP contribution in [0.4, 0.5) is 0 Å². The fraction of sp³-hybridized carbons (Fsp3) is 0.286. The van der Waals surface area contributed by atoms with Crippen LogP contribution in [0, 0.1) is 0 Å². The topological polar surface area (TPSA) is 64.8 Å². The SMILES string of the molecule is CC(SCCn1cc(-c2ccc(S)cc2)nn1)C(=O)C=O. The van der Waals surface area contributed by atoms with Crippen LogP contribution >= 0.6 is 24.4 Å². The number of thioether (sulfide) groups is 1. The van der Waals surface area contributed by atoms with E-state index in [-0.39, 0.29) is 11.0 Å². The maximum atomic E-state index is 11.1. The third-order valence-electron chi connectivity index (χ3n) is 2.91. The zero-order valence-corrected chi connectivity index (χ0v) is 13.2. The molecule has 1 unspecified atom stereocenters. The molecule has 21 heavy (non-hydrogen) atoms. The summed E-state index contributed by atoms with van der Waals surface area (Å²) in [5.41, 5.74) is 1.78. The molecule has 0 fully saturated rings. The minimum absolute atomic E-state index is 0.312. The Balaban J connectivity index is 1.90. The van der Waals surface area contributed by atoms with Crippen LogP contribution in [0.5, 0.6) is 0 Å². The van der Waals surface area contributed by atoms with E-state index in [1.165, 1.54) is 11.8 Å². The summed E-state index contributed by atoms with van der Waals surface area (Å²) in [7, 11) is 0. The van der Waals surface area contributed by atoms with Crippen LogP contribution in [0.3, 0.4) is 0 Å². The van der Waals surface area contributed by atoms with Crippen molar-refractivity contribution in [3.63, 3.8) is 0 Å². The predicted octanol–water partition coefficient (Wildman–Crippen LogP) is 2.12. The molecule has 0 aliphatic rings. The van der Waals surface area contributed by atoms with E-state index in [2.05, 4.69) is 22.9 Å². The minimum Gasteiger partial charge on any atom is -0.295 e. The molecule has 0 radical (unpaired) electrons. The van der Waals surface area contributed by atoms with Crippen LogP contribution in [0.15, 0.2) is 35.4 Å². The molecule has 2 aromatic rings. The first-order valence-electron chi connectivity index (χ1n) is 6.40. The summed E-state index contributed by atoms with van der Waals surface area (Å²) < 4.78 is 1.73. The largest absolute Gasteiger partial charge is 0.295 e. The fourth-order valence-corrected chi connectivity index (χ4v) is 2.69. The lowest BCUT2D eigenvalue weighted by Crippen LogP contribution is -2.15. The van der Waals surface area contributed by atoms with E-state index in [0.717, 1.165) is 16.2 Å². The van der Waals surface area contributed by atoms with Gasteiger partial charge in [-0.15, -0.1) is 29.5 Å².